The Hall–Kier alpha value is -3.33. The molecule has 37 heavy (non-hydrogen) atoms. The standard InChI is InChI=1S/C28H26ClN3O4S/c1-18-15-21(19(2)32(18)24-9-7-23(8-10-24)30-11-13-36-14-12-30)16-26-27(34)31(28(35)37-26)17-25(33)20-3-5-22(29)6-4-20/h3-10,15-16H,11-14,17H2,1-2H3/b26-16-. The van der Waals surface area contributed by atoms with Gasteiger partial charge >= 0.3 is 0 Å². The van der Waals surface area contributed by atoms with Gasteiger partial charge in [-0.15, -0.1) is 0 Å². The van der Waals surface area contributed by atoms with Crippen molar-refractivity contribution in [2.45, 2.75) is 13.8 Å². The summed E-state index contributed by atoms with van der Waals surface area (Å²) in [5.74, 6) is -0.782. The SMILES string of the molecule is Cc1cc(/C=C2\SC(=O)N(CC(=O)c3ccc(Cl)cc3)C2=O)c(C)n1-c1ccc(N2CCOCC2)cc1. The van der Waals surface area contributed by atoms with Gasteiger partial charge in [0.1, 0.15) is 0 Å². The Morgan fingerprint density at radius 3 is 2.32 bits per heavy atom. The quantitative estimate of drug-likeness (QED) is 0.306. The van der Waals surface area contributed by atoms with E-state index in [1.54, 1.807) is 30.3 Å². The third kappa shape index (κ3) is 5.23. The number of morpholine rings is 1. The van der Waals surface area contributed by atoms with Gasteiger partial charge in [0.2, 0.25) is 0 Å². The Bertz CT molecular complexity index is 1390. The summed E-state index contributed by atoms with van der Waals surface area (Å²) in [5, 5.41) is 0.0577. The molecule has 7 nitrogen and oxygen atoms in total. The maximum atomic E-state index is 13.0. The number of carbonyl (C=O) groups is 3. The molecule has 2 amide bonds. The molecule has 1 aromatic heterocycles. The predicted molar refractivity (Wildman–Crippen MR) is 147 cm³/mol. The molecule has 0 N–H and O–H groups in total. The topological polar surface area (TPSA) is 71.9 Å². The number of halogens is 1. The first-order valence-electron chi connectivity index (χ1n) is 12.0. The highest BCUT2D eigenvalue weighted by molar-refractivity contribution is 8.18. The van der Waals surface area contributed by atoms with Crippen molar-refractivity contribution in [2.24, 2.45) is 0 Å². The summed E-state index contributed by atoms with van der Waals surface area (Å²) in [5.41, 5.74) is 5.41. The summed E-state index contributed by atoms with van der Waals surface area (Å²) in [6.07, 6.45) is 1.73. The van der Waals surface area contributed by atoms with Gasteiger partial charge in [-0.1, -0.05) is 11.6 Å². The fourth-order valence-electron chi connectivity index (χ4n) is 4.61. The number of amides is 2. The number of carbonyl (C=O) groups excluding carboxylic acids is 3. The van der Waals surface area contributed by atoms with Crippen LogP contribution in [0.4, 0.5) is 10.5 Å². The molecule has 0 unspecified atom stereocenters. The number of Topliss-reactive ketones (excluding diaryl/α,β-unsaturated/α-hetero) is 1. The summed E-state index contributed by atoms with van der Waals surface area (Å²) < 4.78 is 7.57. The highest BCUT2D eigenvalue weighted by Crippen LogP contribution is 2.34. The number of ether oxygens (including phenoxy) is 1. The number of ketones is 1. The smallest absolute Gasteiger partial charge is 0.293 e. The minimum atomic E-state index is -0.461. The Kier molecular flexibility index (Phi) is 7.24. The fraction of sp³-hybridized carbons (Fsp3) is 0.250. The van der Waals surface area contributed by atoms with Crippen LogP contribution in [0.1, 0.15) is 27.3 Å². The van der Waals surface area contributed by atoms with E-state index in [0.29, 0.717) is 15.5 Å². The molecule has 0 aliphatic carbocycles. The lowest BCUT2D eigenvalue weighted by Gasteiger charge is -2.29. The van der Waals surface area contributed by atoms with Crippen LogP contribution in [-0.2, 0) is 9.53 Å². The number of thioether (sulfide) groups is 1. The van der Waals surface area contributed by atoms with Gasteiger partial charge in [0.15, 0.2) is 5.78 Å². The normalized spacial score (nSPS) is 17.2. The van der Waals surface area contributed by atoms with Crippen molar-refractivity contribution in [1.29, 1.82) is 0 Å². The zero-order valence-corrected chi connectivity index (χ0v) is 22.1. The third-order valence-electron chi connectivity index (χ3n) is 6.58. The zero-order valence-electron chi connectivity index (χ0n) is 20.6. The molecule has 190 valence electrons. The fourth-order valence-corrected chi connectivity index (χ4v) is 5.57. The lowest BCUT2D eigenvalue weighted by atomic mass is 10.1. The van der Waals surface area contributed by atoms with Gasteiger partial charge < -0.3 is 14.2 Å². The van der Waals surface area contributed by atoms with Crippen LogP contribution in [0, 0.1) is 13.8 Å². The molecule has 0 saturated carbocycles. The molecule has 5 rings (SSSR count). The summed E-state index contributed by atoms with van der Waals surface area (Å²) >= 11 is 6.74. The van der Waals surface area contributed by atoms with Crippen LogP contribution in [0.5, 0.6) is 0 Å². The van der Waals surface area contributed by atoms with Gasteiger partial charge in [-0.25, -0.2) is 0 Å². The second kappa shape index (κ2) is 10.6. The molecule has 2 aromatic carbocycles. The van der Waals surface area contributed by atoms with E-state index in [4.69, 9.17) is 16.3 Å². The molecule has 3 aromatic rings. The number of hydrogen-bond donors (Lipinski definition) is 0. The van der Waals surface area contributed by atoms with Crippen molar-refractivity contribution in [3.63, 3.8) is 0 Å². The van der Waals surface area contributed by atoms with Gasteiger partial charge in [-0.05, 0) is 91.8 Å². The summed E-state index contributed by atoms with van der Waals surface area (Å²) in [6, 6.07) is 16.8. The first-order valence-corrected chi connectivity index (χ1v) is 13.2. The van der Waals surface area contributed by atoms with Crippen LogP contribution >= 0.6 is 23.4 Å². The molecule has 0 radical (unpaired) electrons. The van der Waals surface area contributed by atoms with E-state index >= 15 is 0 Å². The summed E-state index contributed by atoms with van der Waals surface area (Å²) in [7, 11) is 0. The monoisotopic (exact) mass is 535 g/mol. The van der Waals surface area contributed by atoms with Crippen molar-refractivity contribution in [3.05, 3.63) is 87.0 Å². The number of benzene rings is 2. The third-order valence-corrected chi connectivity index (χ3v) is 7.74. The average Bonchev–Trinajstić information content (AvgIpc) is 3.33. The van der Waals surface area contributed by atoms with Gasteiger partial charge in [0.25, 0.3) is 11.1 Å². The average molecular weight is 536 g/mol. The number of aryl methyl sites for hydroxylation is 1. The minimum absolute atomic E-state index is 0.303. The van der Waals surface area contributed by atoms with Crippen LogP contribution < -0.4 is 4.90 Å². The molecule has 2 saturated heterocycles. The summed E-state index contributed by atoms with van der Waals surface area (Å²) in [6.45, 7) is 6.93. The first kappa shape index (κ1) is 25.3. The Balaban J connectivity index is 1.34. The number of imide groups is 1. The maximum absolute atomic E-state index is 13.0. The largest absolute Gasteiger partial charge is 0.378 e. The number of anilines is 1. The predicted octanol–water partition coefficient (Wildman–Crippen LogP) is 5.50. The van der Waals surface area contributed by atoms with Crippen LogP contribution in [-0.4, -0.2) is 59.2 Å². The summed E-state index contributed by atoms with van der Waals surface area (Å²) in [4.78, 5) is 41.8. The van der Waals surface area contributed by atoms with Gasteiger partial charge in [0, 0.05) is 46.4 Å². The molecule has 9 heteroatoms. The second-order valence-corrected chi connectivity index (χ2v) is 10.4. The zero-order chi connectivity index (χ0) is 26.1. The van der Waals surface area contributed by atoms with Crippen LogP contribution in [0.2, 0.25) is 5.02 Å². The second-order valence-electron chi connectivity index (χ2n) is 8.98. The lowest BCUT2D eigenvalue weighted by molar-refractivity contribution is -0.122. The van der Waals surface area contributed by atoms with E-state index in [1.165, 1.54) is 0 Å². The van der Waals surface area contributed by atoms with Gasteiger partial charge in [0.05, 0.1) is 24.7 Å². The van der Waals surface area contributed by atoms with E-state index < -0.39 is 11.1 Å². The van der Waals surface area contributed by atoms with Gasteiger partial charge in [-0.2, -0.15) is 0 Å². The molecule has 2 fully saturated rings. The highest BCUT2D eigenvalue weighted by Gasteiger charge is 2.36. The number of nitrogens with zero attached hydrogens (tertiary/aromatic N) is 3. The van der Waals surface area contributed by atoms with E-state index in [2.05, 4.69) is 33.7 Å². The van der Waals surface area contributed by atoms with Crippen molar-refractivity contribution in [3.8, 4) is 5.69 Å². The molecule has 0 spiro atoms. The molecular weight excluding hydrogens is 510 g/mol. The minimum Gasteiger partial charge on any atom is -0.378 e. The molecule has 2 aliphatic rings. The van der Waals surface area contributed by atoms with Crippen LogP contribution in [0.25, 0.3) is 11.8 Å². The molecule has 0 bridgehead atoms. The molecule has 3 heterocycles. The van der Waals surface area contributed by atoms with E-state index in [-0.39, 0.29) is 12.3 Å². The Morgan fingerprint density at radius 1 is 1.00 bits per heavy atom. The van der Waals surface area contributed by atoms with Crippen molar-refractivity contribution in [2.75, 3.05) is 37.7 Å². The number of rotatable bonds is 6. The van der Waals surface area contributed by atoms with Crippen molar-refractivity contribution >= 4 is 52.1 Å². The Labute approximate surface area is 224 Å². The molecular formula is C28H26ClN3O4S. The first-order chi connectivity index (χ1) is 17.8. The maximum Gasteiger partial charge on any atom is 0.293 e. The van der Waals surface area contributed by atoms with Crippen molar-refractivity contribution in [1.82, 2.24) is 9.47 Å². The number of aromatic nitrogens is 1. The van der Waals surface area contributed by atoms with E-state index in [0.717, 1.165) is 71.3 Å². The lowest BCUT2D eigenvalue weighted by Crippen LogP contribution is -2.36. The number of hydrogen-bond acceptors (Lipinski definition) is 6. The van der Waals surface area contributed by atoms with Crippen LogP contribution in [0.15, 0.2) is 59.5 Å². The Morgan fingerprint density at radius 2 is 1.65 bits per heavy atom. The van der Waals surface area contributed by atoms with Crippen LogP contribution in [0.3, 0.4) is 0 Å². The van der Waals surface area contributed by atoms with Crippen molar-refractivity contribution < 1.29 is 19.1 Å². The molecule has 0 atom stereocenters. The van der Waals surface area contributed by atoms with Gasteiger partial charge in [-0.3, -0.25) is 19.3 Å². The van der Waals surface area contributed by atoms with E-state index in [1.807, 2.05) is 19.9 Å². The molecule has 2 aliphatic heterocycles. The van der Waals surface area contributed by atoms with E-state index in [9.17, 15) is 14.4 Å². The highest BCUT2D eigenvalue weighted by atomic mass is 35.5.